The van der Waals surface area contributed by atoms with Gasteiger partial charge in [-0.15, -0.1) is 12.4 Å². The lowest BCUT2D eigenvalue weighted by Gasteiger charge is -2.10. The molecule has 0 unspecified atom stereocenters. The molecule has 0 aliphatic rings. The number of phenols is 1. The zero-order valence-corrected chi connectivity index (χ0v) is 8.53. The highest BCUT2D eigenvalue weighted by Crippen LogP contribution is 2.27. The van der Waals surface area contributed by atoms with Gasteiger partial charge in [0.1, 0.15) is 5.75 Å². The smallest absolute Gasteiger partial charge is 0.257 e. The Morgan fingerprint density at radius 3 is 2.36 bits per heavy atom. The second kappa shape index (κ2) is 5.34. The highest BCUT2D eigenvalue weighted by atomic mass is 35.5. The van der Waals surface area contributed by atoms with Crippen molar-refractivity contribution < 1.29 is 13.9 Å². The molecule has 6 heteroatoms. The molecule has 0 fully saturated rings. The number of phenolic OH excluding ortho intramolecular Hbond substituents is 1. The summed E-state index contributed by atoms with van der Waals surface area (Å²) in [5, 5.41) is 9.03. The molecule has 0 aliphatic carbocycles. The molecule has 0 amide bonds. The average molecular weight is 244 g/mol. The molecule has 0 aliphatic heterocycles. The van der Waals surface area contributed by atoms with E-state index in [-0.39, 0.29) is 28.7 Å². The van der Waals surface area contributed by atoms with Crippen molar-refractivity contribution in [1.29, 1.82) is 0 Å². The second-order valence-corrected chi connectivity index (χ2v) is 2.98. The summed E-state index contributed by atoms with van der Waals surface area (Å²) in [6.45, 7) is 0. The third-order valence-electron chi connectivity index (χ3n) is 1.63. The molecule has 0 heterocycles. The van der Waals surface area contributed by atoms with E-state index in [1.807, 2.05) is 0 Å². The Morgan fingerprint density at radius 1 is 1.36 bits per heavy atom. The van der Waals surface area contributed by atoms with Gasteiger partial charge in [0, 0.05) is 0 Å². The van der Waals surface area contributed by atoms with E-state index in [0.717, 1.165) is 0 Å². The SMILES string of the molecule is Cl.N[C@H](c1ccc(O)c(Cl)c1)C(F)F. The highest BCUT2D eigenvalue weighted by Gasteiger charge is 2.17. The number of hydrogen-bond donors (Lipinski definition) is 2. The van der Waals surface area contributed by atoms with Crippen LogP contribution in [0.2, 0.25) is 5.02 Å². The number of benzene rings is 1. The number of hydrogen-bond acceptors (Lipinski definition) is 2. The largest absolute Gasteiger partial charge is 0.506 e. The first-order valence-corrected chi connectivity index (χ1v) is 3.92. The van der Waals surface area contributed by atoms with Crippen LogP contribution in [0.15, 0.2) is 18.2 Å². The molecule has 0 bridgehead atoms. The Bertz CT molecular complexity index is 309. The molecular weight excluding hydrogens is 235 g/mol. The quantitative estimate of drug-likeness (QED) is 0.840. The molecule has 1 aromatic rings. The van der Waals surface area contributed by atoms with Gasteiger partial charge < -0.3 is 10.8 Å². The van der Waals surface area contributed by atoms with Gasteiger partial charge in [-0.2, -0.15) is 0 Å². The molecule has 2 nitrogen and oxygen atoms in total. The first kappa shape index (κ1) is 13.4. The molecule has 0 saturated heterocycles. The van der Waals surface area contributed by atoms with E-state index in [1.165, 1.54) is 18.2 Å². The summed E-state index contributed by atoms with van der Waals surface area (Å²) in [6, 6.07) is 2.42. The van der Waals surface area contributed by atoms with Crippen LogP contribution < -0.4 is 5.73 Å². The van der Waals surface area contributed by atoms with Gasteiger partial charge in [-0.25, -0.2) is 8.78 Å². The normalized spacial score (nSPS) is 12.4. The summed E-state index contributed by atoms with van der Waals surface area (Å²) >= 11 is 5.51. The first-order chi connectivity index (χ1) is 6.02. The van der Waals surface area contributed by atoms with Crippen molar-refractivity contribution in [2.75, 3.05) is 0 Å². The van der Waals surface area contributed by atoms with Crippen LogP contribution in [-0.4, -0.2) is 11.5 Å². The van der Waals surface area contributed by atoms with Crippen molar-refractivity contribution in [1.82, 2.24) is 0 Å². The van der Waals surface area contributed by atoms with Gasteiger partial charge in [-0.3, -0.25) is 0 Å². The molecule has 14 heavy (non-hydrogen) atoms. The second-order valence-electron chi connectivity index (χ2n) is 2.57. The van der Waals surface area contributed by atoms with E-state index in [4.69, 9.17) is 22.4 Å². The Morgan fingerprint density at radius 2 is 1.93 bits per heavy atom. The molecule has 1 aromatic carbocycles. The third kappa shape index (κ3) is 2.97. The van der Waals surface area contributed by atoms with Crippen molar-refractivity contribution in [3.05, 3.63) is 28.8 Å². The predicted octanol–water partition coefficient (Wildman–Crippen LogP) is 2.73. The Balaban J connectivity index is 0.00000169. The number of aromatic hydroxyl groups is 1. The number of halogens is 4. The molecule has 3 N–H and O–H groups in total. The van der Waals surface area contributed by atoms with E-state index in [9.17, 15) is 8.78 Å². The van der Waals surface area contributed by atoms with Crippen LogP contribution in [0.3, 0.4) is 0 Å². The molecule has 1 rings (SSSR count). The summed E-state index contributed by atoms with van der Waals surface area (Å²) in [4.78, 5) is 0. The maximum Gasteiger partial charge on any atom is 0.257 e. The van der Waals surface area contributed by atoms with E-state index in [0.29, 0.717) is 0 Å². The highest BCUT2D eigenvalue weighted by molar-refractivity contribution is 6.32. The molecule has 0 radical (unpaired) electrons. The Labute approximate surface area is 91.1 Å². The summed E-state index contributed by atoms with van der Waals surface area (Å²) in [6.07, 6.45) is -2.64. The minimum atomic E-state index is -2.64. The predicted molar refractivity (Wildman–Crippen MR) is 53.3 cm³/mol. The summed E-state index contributed by atoms with van der Waals surface area (Å²) in [7, 11) is 0. The summed E-state index contributed by atoms with van der Waals surface area (Å²) < 4.78 is 24.2. The van der Waals surface area contributed by atoms with Gasteiger partial charge in [0.15, 0.2) is 0 Å². The molecule has 0 spiro atoms. The Kier molecular flexibility index (Phi) is 5.12. The topological polar surface area (TPSA) is 46.2 Å². The monoisotopic (exact) mass is 243 g/mol. The number of nitrogens with two attached hydrogens (primary N) is 1. The minimum absolute atomic E-state index is 0. The van der Waals surface area contributed by atoms with Crippen LogP contribution >= 0.6 is 24.0 Å². The maximum atomic E-state index is 12.1. The van der Waals surface area contributed by atoms with Crippen LogP contribution in [0.25, 0.3) is 0 Å². The first-order valence-electron chi connectivity index (χ1n) is 3.54. The van der Waals surface area contributed by atoms with Crippen molar-refractivity contribution >= 4 is 24.0 Å². The standard InChI is InChI=1S/C8H8ClF2NO.ClH/c9-5-3-4(1-2-6(5)13)7(12)8(10)11;/h1-3,7-8,13H,12H2;1H/t7-;/m1./s1. The van der Waals surface area contributed by atoms with Crippen molar-refractivity contribution in [2.45, 2.75) is 12.5 Å². The molecule has 0 aromatic heterocycles. The third-order valence-corrected chi connectivity index (χ3v) is 1.93. The summed E-state index contributed by atoms with van der Waals surface area (Å²) in [5.74, 6) is -0.146. The maximum absolute atomic E-state index is 12.1. The van der Waals surface area contributed by atoms with E-state index in [1.54, 1.807) is 0 Å². The van der Waals surface area contributed by atoms with Crippen LogP contribution in [0.4, 0.5) is 8.78 Å². The summed E-state index contributed by atoms with van der Waals surface area (Å²) in [5.41, 5.74) is 5.37. The van der Waals surface area contributed by atoms with E-state index >= 15 is 0 Å². The van der Waals surface area contributed by atoms with Gasteiger partial charge in [0.2, 0.25) is 0 Å². The van der Waals surface area contributed by atoms with Gasteiger partial charge >= 0.3 is 0 Å². The number of rotatable bonds is 2. The van der Waals surface area contributed by atoms with Gasteiger partial charge in [-0.05, 0) is 17.7 Å². The lowest BCUT2D eigenvalue weighted by molar-refractivity contribution is 0.116. The lowest BCUT2D eigenvalue weighted by atomic mass is 10.1. The van der Waals surface area contributed by atoms with Crippen molar-refractivity contribution in [3.8, 4) is 5.75 Å². The van der Waals surface area contributed by atoms with Crippen LogP contribution in [-0.2, 0) is 0 Å². The fourth-order valence-corrected chi connectivity index (χ4v) is 1.06. The molecular formula is C8H9Cl2F2NO. The number of alkyl halides is 2. The molecule has 80 valence electrons. The van der Waals surface area contributed by atoms with Crippen molar-refractivity contribution in [3.63, 3.8) is 0 Å². The van der Waals surface area contributed by atoms with Crippen LogP contribution in [0.1, 0.15) is 11.6 Å². The van der Waals surface area contributed by atoms with Crippen molar-refractivity contribution in [2.24, 2.45) is 5.73 Å². The van der Waals surface area contributed by atoms with E-state index in [2.05, 4.69) is 0 Å². The van der Waals surface area contributed by atoms with Gasteiger partial charge in [0.05, 0.1) is 11.1 Å². The lowest BCUT2D eigenvalue weighted by Crippen LogP contribution is -2.18. The van der Waals surface area contributed by atoms with Gasteiger partial charge in [0.25, 0.3) is 6.43 Å². The van der Waals surface area contributed by atoms with E-state index < -0.39 is 12.5 Å². The fraction of sp³-hybridized carbons (Fsp3) is 0.250. The zero-order chi connectivity index (χ0) is 10.0. The Hall–Kier alpha value is -0.580. The van der Waals surface area contributed by atoms with Crippen LogP contribution in [0.5, 0.6) is 5.75 Å². The van der Waals surface area contributed by atoms with Crippen LogP contribution in [0, 0.1) is 0 Å². The molecule has 0 saturated carbocycles. The minimum Gasteiger partial charge on any atom is -0.506 e. The zero-order valence-electron chi connectivity index (χ0n) is 6.95. The molecule has 1 atom stereocenters. The average Bonchev–Trinajstić information content (AvgIpc) is 2.08. The van der Waals surface area contributed by atoms with Gasteiger partial charge in [-0.1, -0.05) is 17.7 Å². The fourth-order valence-electron chi connectivity index (χ4n) is 0.876.